The molecule has 0 bridgehead atoms. The summed E-state index contributed by atoms with van der Waals surface area (Å²) in [6.45, 7) is 1.96. The average molecular weight is 247 g/mol. The van der Waals surface area contributed by atoms with Crippen molar-refractivity contribution in [1.29, 1.82) is 0 Å². The Hall–Kier alpha value is -1.22. The van der Waals surface area contributed by atoms with Crippen LogP contribution in [0.5, 0.6) is 11.5 Å². The van der Waals surface area contributed by atoms with Crippen molar-refractivity contribution in [2.45, 2.75) is 37.6 Å². The molecule has 0 saturated heterocycles. The van der Waals surface area contributed by atoms with Gasteiger partial charge in [-0.1, -0.05) is 12.8 Å². The van der Waals surface area contributed by atoms with Gasteiger partial charge in [-0.2, -0.15) is 0 Å². The molecule has 98 valence electrons. The molecule has 1 spiro atoms. The van der Waals surface area contributed by atoms with E-state index in [-0.39, 0.29) is 5.41 Å². The molecule has 0 aromatic heterocycles. The number of ether oxygens (including phenoxy) is 2. The zero-order valence-electron chi connectivity index (χ0n) is 11.2. The van der Waals surface area contributed by atoms with Crippen LogP contribution in [0, 0.1) is 0 Å². The molecule has 0 unspecified atom stereocenters. The lowest BCUT2D eigenvalue weighted by molar-refractivity contribution is 0.330. The third kappa shape index (κ3) is 1.61. The SMILES string of the molecule is COc1ccc(OC)c2c1CNCC21CCCC1. The summed E-state index contributed by atoms with van der Waals surface area (Å²) in [4.78, 5) is 0. The summed E-state index contributed by atoms with van der Waals surface area (Å²) in [5.74, 6) is 2.03. The Labute approximate surface area is 108 Å². The zero-order chi connectivity index (χ0) is 12.6. The highest BCUT2D eigenvalue weighted by atomic mass is 16.5. The molecule has 2 aliphatic rings. The minimum absolute atomic E-state index is 0.271. The van der Waals surface area contributed by atoms with E-state index in [0.717, 1.165) is 24.6 Å². The smallest absolute Gasteiger partial charge is 0.123 e. The van der Waals surface area contributed by atoms with Gasteiger partial charge in [0.25, 0.3) is 0 Å². The predicted molar refractivity (Wildman–Crippen MR) is 71.4 cm³/mol. The number of benzene rings is 1. The van der Waals surface area contributed by atoms with Gasteiger partial charge in [0.05, 0.1) is 14.2 Å². The van der Waals surface area contributed by atoms with Crippen LogP contribution in [0.2, 0.25) is 0 Å². The van der Waals surface area contributed by atoms with Gasteiger partial charge in [-0.05, 0) is 25.0 Å². The van der Waals surface area contributed by atoms with Crippen molar-refractivity contribution < 1.29 is 9.47 Å². The van der Waals surface area contributed by atoms with E-state index in [1.165, 1.54) is 36.8 Å². The first-order chi connectivity index (χ1) is 8.80. The standard InChI is InChI=1S/C15H21NO2/c1-17-12-5-6-13(18-2)14-11(12)9-16-10-15(14)7-3-4-8-15/h5-6,16H,3-4,7-10H2,1-2H3. The van der Waals surface area contributed by atoms with Crippen molar-refractivity contribution in [3.05, 3.63) is 23.3 Å². The molecule has 0 amide bonds. The lowest BCUT2D eigenvalue weighted by atomic mass is 9.73. The monoisotopic (exact) mass is 247 g/mol. The number of methoxy groups -OCH3 is 2. The van der Waals surface area contributed by atoms with Crippen molar-refractivity contribution in [2.24, 2.45) is 0 Å². The Kier molecular flexibility index (Phi) is 2.94. The van der Waals surface area contributed by atoms with Gasteiger partial charge >= 0.3 is 0 Å². The van der Waals surface area contributed by atoms with E-state index >= 15 is 0 Å². The maximum atomic E-state index is 5.62. The van der Waals surface area contributed by atoms with Gasteiger partial charge < -0.3 is 14.8 Å². The number of hydrogen-bond acceptors (Lipinski definition) is 3. The fraction of sp³-hybridized carbons (Fsp3) is 0.600. The topological polar surface area (TPSA) is 30.5 Å². The predicted octanol–water partition coefficient (Wildman–Crippen LogP) is 2.62. The third-order valence-electron chi connectivity index (χ3n) is 4.53. The Balaban J connectivity index is 2.19. The molecule has 1 heterocycles. The summed E-state index contributed by atoms with van der Waals surface area (Å²) in [5, 5.41) is 3.56. The molecule has 1 saturated carbocycles. The summed E-state index contributed by atoms with van der Waals surface area (Å²) >= 11 is 0. The van der Waals surface area contributed by atoms with Crippen molar-refractivity contribution >= 4 is 0 Å². The van der Waals surface area contributed by atoms with Gasteiger partial charge in [0.2, 0.25) is 0 Å². The summed E-state index contributed by atoms with van der Waals surface area (Å²) in [6, 6.07) is 4.08. The van der Waals surface area contributed by atoms with Crippen LogP contribution in [-0.2, 0) is 12.0 Å². The fourth-order valence-electron chi connectivity index (χ4n) is 3.72. The number of hydrogen-bond donors (Lipinski definition) is 1. The Bertz CT molecular complexity index is 450. The lowest BCUT2D eigenvalue weighted by Gasteiger charge is -2.38. The molecule has 3 heteroatoms. The van der Waals surface area contributed by atoms with Crippen molar-refractivity contribution in [3.63, 3.8) is 0 Å². The summed E-state index contributed by atoms with van der Waals surface area (Å²) in [6.07, 6.45) is 5.16. The van der Waals surface area contributed by atoms with Crippen LogP contribution >= 0.6 is 0 Å². The van der Waals surface area contributed by atoms with E-state index in [9.17, 15) is 0 Å². The quantitative estimate of drug-likeness (QED) is 0.871. The largest absolute Gasteiger partial charge is 0.496 e. The molecule has 0 radical (unpaired) electrons. The van der Waals surface area contributed by atoms with Gasteiger partial charge in [0.15, 0.2) is 0 Å². The van der Waals surface area contributed by atoms with Gasteiger partial charge in [-0.15, -0.1) is 0 Å². The normalized spacial score (nSPS) is 20.8. The van der Waals surface area contributed by atoms with E-state index in [1.54, 1.807) is 14.2 Å². The highest BCUT2D eigenvalue weighted by Gasteiger charge is 2.42. The number of fused-ring (bicyclic) bond motifs is 2. The first-order valence-electron chi connectivity index (χ1n) is 6.76. The molecular formula is C15H21NO2. The first-order valence-corrected chi connectivity index (χ1v) is 6.76. The highest BCUT2D eigenvalue weighted by molar-refractivity contribution is 5.54. The van der Waals surface area contributed by atoms with Crippen LogP contribution in [0.4, 0.5) is 0 Å². The molecule has 0 atom stereocenters. The molecule has 1 aromatic carbocycles. The summed E-state index contributed by atoms with van der Waals surface area (Å²) in [5.41, 5.74) is 2.97. The molecule has 3 nitrogen and oxygen atoms in total. The highest BCUT2D eigenvalue weighted by Crippen LogP contribution is 2.49. The van der Waals surface area contributed by atoms with Crippen molar-refractivity contribution in [1.82, 2.24) is 5.32 Å². The lowest BCUT2D eigenvalue weighted by Crippen LogP contribution is -2.41. The maximum absolute atomic E-state index is 5.62. The Morgan fingerprint density at radius 3 is 2.39 bits per heavy atom. The van der Waals surface area contributed by atoms with Crippen LogP contribution in [0.1, 0.15) is 36.8 Å². The summed E-state index contributed by atoms with van der Waals surface area (Å²) in [7, 11) is 3.52. The van der Waals surface area contributed by atoms with Crippen molar-refractivity contribution in [2.75, 3.05) is 20.8 Å². The molecule has 1 N–H and O–H groups in total. The molecule has 1 fully saturated rings. The molecule has 1 aliphatic carbocycles. The zero-order valence-corrected chi connectivity index (χ0v) is 11.2. The minimum Gasteiger partial charge on any atom is -0.496 e. The van der Waals surface area contributed by atoms with E-state index in [2.05, 4.69) is 11.4 Å². The van der Waals surface area contributed by atoms with Gasteiger partial charge in [0, 0.05) is 29.6 Å². The van der Waals surface area contributed by atoms with Crippen molar-refractivity contribution in [3.8, 4) is 11.5 Å². The van der Waals surface area contributed by atoms with E-state index in [1.807, 2.05) is 6.07 Å². The van der Waals surface area contributed by atoms with Crippen LogP contribution in [0.25, 0.3) is 0 Å². The summed E-state index contributed by atoms with van der Waals surface area (Å²) < 4.78 is 11.1. The van der Waals surface area contributed by atoms with Crippen LogP contribution in [-0.4, -0.2) is 20.8 Å². The molecule has 1 aliphatic heterocycles. The van der Waals surface area contributed by atoms with Crippen LogP contribution in [0.3, 0.4) is 0 Å². The Morgan fingerprint density at radius 2 is 1.72 bits per heavy atom. The van der Waals surface area contributed by atoms with E-state index < -0.39 is 0 Å². The second-order valence-electron chi connectivity index (χ2n) is 5.41. The minimum atomic E-state index is 0.271. The van der Waals surface area contributed by atoms with Gasteiger partial charge in [-0.25, -0.2) is 0 Å². The second-order valence-corrected chi connectivity index (χ2v) is 5.41. The Morgan fingerprint density at radius 1 is 1.06 bits per heavy atom. The average Bonchev–Trinajstić information content (AvgIpc) is 2.87. The number of rotatable bonds is 2. The van der Waals surface area contributed by atoms with Gasteiger partial charge in [-0.3, -0.25) is 0 Å². The van der Waals surface area contributed by atoms with E-state index in [4.69, 9.17) is 9.47 Å². The molecule has 1 aromatic rings. The van der Waals surface area contributed by atoms with E-state index in [0.29, 0.717) is 0 Å². The molecule has 18 heavy (non-hydrogen) atoms. The third-order valence-corrected chi connectivity index (χ3v) is 4.53. The number of nitrogens with one attached hydrogen (secondary N) is 1. The second kappa shape index (κ2) is 4.47. The van der Waals surface area contributed by atoms with Crippen LogP contribution < -0.4 is 14.8 Å². The molecule has 3 rings (SSSR count). The van der Waals surface area contributed by atoms with Gasteiger partial charge in [0.1, 0.15) is 11.5 Å². The molecular weight excluding hydrogens is 226 g/mol. The maximum Gasteiger partial charge on any atom is 0.123 e. The fourth-order valence-corrected chi connectivity index (χ4v) is 3.72. The first kappa shape index (κ1) is 11.8. The van der Waals surface area contributed by atoms with Crippen LogP contribution in [0.15, 0.2) is 12.1 Å².